The Balaban J connectivity index is 2.31. The molecule has 0 amide bonds. The minimum absolute atomic E-state index is 0.128. The summed E-state index contributed by atoms with van der Waals surface area (Å²) in [6.07, 6.45) is 5.11. The first-order valence-electron chi connectivity index (χ1n) is 7.84. The van der Waals surface area contributed by atoms with Crippen LogP contribution < -0.4 is 0 Å². The number of hydrogen-bond acceptors (Lipinski definition) is 4. The standard InChI is InChI=1S/C14H29NO5S/c1-19-12-13-20-11-10-15(7-3-2-4-8-15)9-5-6-14-21(16,17)18/h2-14H2,1H3/p+1. The van der Waals surface area contributed by atoms with Gasteiger partial charge in [0, 0.05) is 7.11 Å². The zero-order valence-electron chi connectivity index (χ0n) is 13.1. The Morgan fingerprint density at radius 3 is 2.33 bits per heavy atom. The predicted molar refractivity (Wildman–Crippen MR) is 81.9 cm³/mol. The summed E-state index contributed by atoms with van der Waals surface area (Å²) in [5.41, 5.74) is 0. The molecule has 126 valence electrons. The number of unbranched alkanes of at least 4 members (excludes halogenated alkanes) is 1. The smallest absolute Gasteiger partial charge is 0.264 e. The lowest BCUT2D eigenvalue weighted by Gasteiger charge is -2.41. The van der Waals surface area contributed by atoms with Crippen molar-refractivity contribution in [1.29, 1.82) is 0 Å². The lowest BCUT2D eigenvalue weighted by atomic mass is 10.1. The summed E-state index contributed by atoms with van der Waals surface area (Å²) in [6, 6.07) is 0. The Hall–Kier alpha value is -0.210. The molecule has 0 aliphatic carbocycles. The average molecular weight is 324 g/mol. The summed E-state index contributed by atoms with van der Waals surface area (Å²) in [5, 5.41) is 0. The Morgan fingerprint density at radius 2 is 1.71 bits per heavy atom. The van der Waals surface area contributed by atoms with Gasteiger partial charge in [0.05, 0.1) is 45.2 Å². The molecule has 1 heterocycles. The molecule has 0 radical (unpaired) electrons. The van der Waals surface area contributed by atoms with Crippen LogP contribution in [0.3, 0.4) is 0 Å². The van der Waals surface area contributed by atoms with Gasteiger partial charge in [-0.3, -0.25) is 4.55 Å². The summed E-state index contributed by atoms with van der Waals surface area (Å²) < 4.78 is 41.9. The summed E-state index contributed by atoms with van der Waals surface area (Å²) in [5.74, 6) is -0.128. The molecule has 6 nitrogen and oxygen atoms in total. The van der Waals surface area contributed by atoms with Crippen molar-refractivity contribution in [2.24, 2.45) is 0 Å². The fraction of sp³-hybridized carbons (Fsp3) is 1.00. The summed E-state index contributed by atoms with van der Waals surface area (Å²) >= 11 is 0. The van der Waals surface area contributed by atoms with Crippen molar-refractivity contribution in [3.05, 3.63) is 0 Å². The van der Waals surface area contributed by atoms with Gasteiger partial charge in [0.15, 0.2) is 0 Å². The number of ether oxygens (including phenoxy) is 2. The number of piperidine rings is 1. The Bertz CT molecular complexity index is 366. The SMILES string of the molecule is COCCOCC[N+]1(CCCCS(=O)(=O)O)CCCCC1. The lowest BCUT2D eigenvalue weighted by Crippen LogP contribution is -2.53. The van der Waals surface area contributed by atoms with Crippen molar-refractivity contribution >= 4 is 10.1 Å². The van der Waals surface area contributed by atoms with Gasteiger partial charge in [-0.25, -0.2) is 0 Å². The molecule has 1 aliphatic rings. The highest BCUT2D eigenvalue weighted by Gasteiger charge is 2.29. The maximum Gasteiger partial charge on any atom is 0.264 e. The molecule has 1 rings (SSSR count). The second kappa shape index (κ2) is 9.74. The second-order valence-corrected chi connectivity index (χ2v) is 7.47. The third-order valence-corrected chi connectivity index (χ3v) is 5.00. The van der Waals surface area contributed by atoms with Crippen LogP contribution >= 0.6 is 0 Å². The van der Waals surface area contributed by atoms with Crippen molar-refractivity contribution in [2.45, 2.75) is 32.1 Å². The Labute approximate surface area is 128 Å². The van der Waals surface area contributed by atoms with E-state index in [0.717, 1.165) is 43.7 Å². The van der Waals surface area contributed by atoms with Crippen LogP contribution in [-0.4, -0.2) is 76.3 Å². The monoisotopic (exact) mass is 324 g/mol. The third kappa shape index (κ3) is 8.73. The molecule has 0 atom stereocenters. The van der Waals surface area contributed by atoms with Crippen LogP contribution in [-0.2, 0) is 19.6 Å². The van der Waals surface area contributed by atoms with Crippen LogP contribution in [0.4, 0.5) is 0 Å². The minimum Gasteiger partial charge on any atom is -0.382 e. The van der Waals surface area contributed by atoms with E-state index in [1.165, 1.54) is 19.3 Å². The number of likely N-dealkylation sites (tertiary alicyclic amines) is 1. The Kier molecular flexibility index (Phi) is 8.73. The van der Waals surface area contributed by atoms with E-state index in [1.807, 2.05) is 0 Å². The van der Waals surface area contributed by atoms with Crippen LogP contribution in [0.1, 0.15) is 32.1 Å². The van der Waals surface area contributed by atoms with Crippen LogP contribution in [0.5, 0.6) is 0 Å². The fourth-order valence-electron chi connectivity index (χ4n) is 2.98. The zero-order valence-corrected chi connectivity index (χ0v) is 13.9. The molecule has 7 heteroatoms. The molecule has 0 aromatic rings. The topological polar surface area (TPSA) is 72.8 Å². The van der Waals surface area contributed by atoms with E-state index < -0.39 is 10.1 Å². The van der Waals surface area contributed by atoms with E-state index in [0.29, 0.717) is 19.6 Å². The molecule has 1 saturated heterocycles. The van der Waals surface area contributed by atoms with Crippen molar-refractivity contribution in [3.8, 4) is 0 Å². The third-order valence-electron chi connectivity index (χ3n) is 4.19. The first-order valence-corrected chi connectivity index (χ1v) is 9.45. The van der Waals surface area contributed by atoms with Crippen molar-refractivity contribution < 1.29 is 26.9 Å². The molecule has 1 aliphatic heterocycles. The lowest BCUT2D eigenvalue weighted by molar-refractivity contribution is -0.933. The van der Waals surface area contributed by atoms with Crippen molar-refractivity contribution in [1.82, 2.24) is 0 Å². The van der Waals surface area contributed by atoms with Gasteiger partial charge in [-0.2, -0.15) is 8.42 Å². The van der Waals surface area contributed by atoms with Crippen LogP contribution in [0.2, 0.25) is 0 Å². The van der Waals surface area contributed by atoms with Gasteiger partial charge in [-0.15, -0.1) is 0 Å². The van der Waals surface area contributed by atoms with Gasteiger partial charge in [-0.1, -0.05) is 0 Å². The van der Waals surface area contributed by atoms with Crippen molar-refractivity contribution in [2.75, 3.05) is 58.9 Å². The van der Waals surface area contributed by atoms with Gasteiger partial charge >= 0.3 is 0 Å². The first-order chi connectivity index (χ1) is 9.97. The predicted octanol–water partition coefficient (Wildman–Crippen LogP) is 1.32. The molecular formula is C14H30NO5S+. The van der Waals surface area contributed by atoms with Gasteiger partial charge in [-0.05, 0) is 32.1 Å². The number of rotatable bonds is 11. The quantitative estimate of drug-likeness (QED) is 0.352. The number of methoxy groups -OCH3 is 1. The molecule has 0 bridgehead atoms. The normalized spacial score (nSPS) is 18.8. The first kappa shape index (κ1) is 18.8. The van der Waals surface area contributed by atoms with E-state index in [9.17, 15) is 8.42 Å². The number of hydrogen-bond donors (Lipinski definition) is 1. The highest BCUT2D eigenvalue weighted by atomic mass is 32.2. The summed E-state index contributed by atoms with van der Waals surface area (Å²) in [4.78, 5) is 0. The fourth-order valence-corrected chi connectivity index (χ4v) is 3.55. The molecule has 0 saturated carbocycles. The summed E-state index contributed by atoms with van der Waals surface area (Å²) in [7, 11) is -2.16. The summed E-state index contributed by atoms with van der Waals surface area (Å²) in [6.45, 7) is 6.23. The van der Waals surface area contributed by atoms with E-state index in [1.54, 1.807) is 7.11 Å². The largest absolute Gasteiger partial charge is 0.382 e. The van der Waals surface area contributed by atoms with Crippen LogP contribution in [0.25, 0.3) is 0 Å². The maximum atomic E-state index is 10.8. The number of nitrogens with zero attached hydrogens (tertiary/aromatic N) is 1. The maximum absolute atomic E-state index is 10.8. The second-order valence-electron chi connectivity index (χ2n) is 5.90. The average Bonchev–Trinajstić information content (AvgIpc) is 2.44. The molecule has 0 unspecified atom stereocenters. The molecule has 21 heavy (non-hydrogen) atoms. The van der Waals surface area contributed by atoms with Crippen LogP contribution in [0.15, 0.2) is 0 Å². The van der Waals surface area contributed by atoms with Gasteiger partial charge in [0.1, 0.15) is 6.54 Å². The molecule has 1 fully saturated rings. The van der Waals surface area contributed by atoms with E-state index in [2.05, 4.69) is 0 Å². The van der Waals surface area contributed by atoms with Crippen molar-refractivity contribution in [3.63, 3.8) is 0 Å². The van der Waals surface area contributed by atoms with E-state index >= 15 is 0 Å². The van der Waals surface area contributed by atoms with Gasteiger partial charge in [0.25, 0.3) is 10.1 Å². The molecule has 1 N–H and O–H groups in total. The van der Waals surface area contributed by atoms with Crippen LogP contribution in [0, 0.1) is 0 Å². The molecular weight excluding hydrogens is 294 g/mol. The molecule has 0 aromatic carbocycles. The molecule has 0 spiro atoms. The highest BCUT2D eigenvalue weighted by Crippen LogP contribution is 2.20. The Morgan fingerprint density at radius 1 is 1.00 bits per heavy atom. The van der Waals surface area contributed by atoms with Gasteiger partial charge in [0.2, 0.25) is 0 Å². The minimum atomic E-state index is -3.82. The molecule has 0 aromatic heterocycles. The highest BCUT2D eigenvalue weighted by molar-refractivity contribution is 7.85. The van der Waals surface area contributed by atoms with E-state index in [-0.39, 0.29) is 5.75 Å². The van der Waals surface area contributed by atoms with Gasteiger partial charge < -0.3 is 14.0 Å². The van der Waals surface area contributed by atoms with E-state index in [4.69, 9.17) is 14.0 Å². The zero-order chi connectivity index (χ0) is 15.6. The number of quaternary nitrogens is 1.